The smallest absolute Gasteiger partial charge is 0.304 e. The minimum atomic E-state index is -0.730. The molecule has 0 aromatic heterocycles. The summed E-state index contributed by atoms with van der Waals surface area (Å²) in [5, 5.41) is 8.63. The Hall–Kier alpha value is -1.35. The first-order valence-electron chi connectivity index (χ1n) is 6.05. The molecule has 0 aliphatic rings. The van der Waals surface area contributed by atoms with Crippen LogP contribution in [0.5, 0.6) is 0 Å². The van der Waals surface area contributed by atoms with Crippen LogP contribution < -0.4 is 0 Å². The molecular weight excluding hydrogens is 214 g/mol. The van der Waals surface area contributed by atoms with Crippen molar-refractivity contribution in [2.45, 2.75) is 32.2 Å². The molecule has 1 rings (SSSR count). The molecule has 3 nitrogen and oxygen atoms in total. The molecule has 0 saturated heterocycles. The zero-order valence-corrected chi connectivity index (χ0v) is 10.6. The van der Waals surface area contributed by atoms with Crippen molar-refractivity contribution in [3.8, 4) is 0 Å². The van der Waals surface area contributed by atoms with Crippen molar-refractivity contribution >= 4 is 5.97 Å². The Morgan fingerprint density at radius 3 is 2.59 bits per heavy atom. The maximum absolute atomic E-state index is 10.5. The zero-order valence-electron chi connectivity index (χ0n) is 10.6. The van der Waals surface area contributed by atoms with Crippen molar-refractivity contribution < 1.29 is 9.90 Å². The minimum Gasteiger partial charge on any atom is -0.481 e. The van der Waals surface area contributed by atoms with Crippen molar-refractivity contribution in [1.82, 2.24) is 4.90 Å². The molecule has 1 N–H and O–H groups in total. The average molecular weight is 235 g/mol. The van der Waals surface area contributed by atoms with Crippen LogP contribution in [0.25, 0.3) is 0 Å². The predicted octanol–water partition coefficient (Wildman–Crippen LogP) is 2.41. The molecule has 0 amide bonds. The molecule has 1 atom stereocenters. The summed E-state index contributed by atoms with van der Waals surface area (Å²) in [6, 6.07) is 10.8. The lowest BCUT2D eigenvalue weighted by Crippen LogP contribution is -2.31. The van der Waals surface area contributed by atoms with E-state index >= 15 is 0 Å². The molecule has 0 fully saturated rings. The van der Waals surface area contributed by atoms with Gasteiger partial charge in [-0.05, 0) is 32.4 Å². The number of nitrogens with zero attached hydrogens (tertiary/aromatic N) is 1. The van der Waals surface area contributed by atoms with Gasteiger partial charge in [-0.15, -0.1) is 0 Å². The molecule has 1 aromatic rings. The molecule has 0 saturated carbocycles. The van der Waals surface area contributed by atoms with Gasteiger partial charge in [0.1, 0.15) is 0 Å². The van der Waals surface area contributed by atoms with E-state index in [1.165, 1.54) is 5.56 Å². The van der Waals surface area contributed by atoms with Crippen LogP contribution in [0.3, 0.4) is 0 Å². The number of aliphatic carboxylic acids is 1. The van der Waals surface area contributed by atoms with Crippen LogP contribution in [0.15, 0.2) is 30.3 Å². The van der Waals surface area contributed by atoms with Gasteiger partial charge in [0.25, 0.3) is 0 Å². The Morgan fingerprint density at radius 1 is 1.35 bits per heavy atom. The summed E-state index contributed by atoms with van der Waals surface area (Å²) < 4.78 is 0. The Morgan fingerprint density at radius 2 is 2.00 bits per heavy atom. The predicted molar refractivity (Wildman–Crippen MR) is 69.1 cm³/mol. The van der Waals surface area contributed by atoms with E-state index in [2.05, 4.69) is 24.0 Å². The average Bonchev–Trinajstić information content (AvgIpc) is 2.34. The molecule has 0 spiro atoms. The molecule has 1 aromatic carbocycles. The van der Waals surface area contributed by atoms with Crippen molar-refractivity contribution in [3.63, 3.8) is 0 Å². The van der Waals surface area contributed by atoms with E-state index < -0.39 is 5.97 Å². The molecule has 0 bridgehead atoms. The van der Waals surface area contributed by atoms with E-state index in [-0.39, 0.29) is 6.42 Å². The van der Waals surface area contributed by atoms with Gasteiger partial charge < -0.3 is 10.0 Å². The second-order valence-corrected chi connectivity index (χ2v) is 4.50. The highest BCUT2D eigenvalue weighted by Gasteiger charge is 2.10. The van der Waals surface area contributed by atoms with Crippen molar-refractivity contribution in [2.75, 3.05) is 13.6 Å². The largest absolute Gasteiger partial charge is 0.481 e. The number of rotatable bonds is 7. The van der Waals surface area contributed by atoms with E-state index in [0.29, 0.717) is 12.6 Å². The molecule has 0 radical (unpaired) electrons. The molecule has 0 aliphatic heterocycles. The first kappa shape index (κ1) is 13.7. The molecular formula is C14H21NO2. The summed E-state index contributed by atoms with van der Waals surface area (Å²) in [6.07, 6.45) is 2.31. The third-order valence-electron chi connectivity index (χ3n) is 3.12. The summed E-state index contributed by atoms with van der Waals surface area (Å²) in [4.78, 5) is 12.6. The van der Waals surface area contributed by atoms with Gasteiger partial charge in [0.15, 0.2) is 0 Å². The quantitative estimate of drug-likeness (QED) is 0.789. The molecule has 94 valence electrons. The van der Waals surface area contributed by atoms with Crippen molar-refractivity contribution in [3.05, 3.63) is 35.9 Å². The van der Waals surface area contributed by atoms with Gasteiger partial charge in [-0.3, -0.25) is 4.79 Å². The number of carbonyl (C=O) groups is 1. The second kappa shape index (κ2) is 7.07. The minimum absolute atomic E-state index is 0.214. The number of hydrogen-bond donors (Lipinski definition) is 1. The van der Waals surface area contributed by atoms with E-state index in [0.717, 1.165) is 12.8 Å². The highest BCUT2D eigenvalue weighted by molar-refractivity contribution is 5.66. The summed E-state index contributed by atoms with van der Waals surface area (Å²) >= 11 is 0. The zero-order chi connectivity index (χ0) is 12.7. The highest BCUT2D eigenvalue weighted by Crippen LogP contribution is 2.08. The van der Waals surface area contributed by atoms with Crippen LogP contribution in [0.1, 0.15) is 25.3 Å². The second-order valence-electron chi connectivity index (χ2n) is 4.50. The van der Waals surface area contributed by atoms with Crippen LogP contribution in [0.2, 0.25) is 0 Å². The first-order valence-corrected chi connectivity index (χ1v) is 6.05. The lowest BCUT2D eigenvalue weighted by Gasteiger charge is -2.23. The third-order valence-corrected chi connectivity index (χ3v) is 3.12. The van der Waals surface area contributed by atoms with E-state index in [1.54, 1.807) is 0 Å². The van der Waals surface area contributed by atoms with Crippen LogP contribution in [0.4, 0.5) is 0 Å². The van der Waals surface area contributed by atoms with E-state index in [1.807, 2.05) is 25.2 Å². The van der Waals surface area contributed by atoms with E-state index in [4.69, 9.17) is 5.11 Å². The summed E-state index contributed by atoms with van der Waals surface area (Å²) in [6.45, 7) is 2.76. The number of carboxylic acid groups (broad SMARTS) is 1. The standard InChI is InChI=1S/C14H21NO2/c1-12(15(2)11-10-14(16)17)8-9-13-6-4-3-5-7-13/h3-7,12H,8-11H2,1-2H3,(H,16,17). The number of aryl methyl sites for hydroxylation is 1. The Bertz CT molecular complexity index is 337. The molecule has 1 unspecified atom stereocenters. The van der Waals surface area contributed by atoms with Crippen molar-refractivity contribution in [1.29, 1.82) is 0 Å². The fourth-order valence-electron chi connectivity index (χ4n) is 1.73. The number of benzene rings is 1. The monoisotopic (exact) mass is 235 g/mol. The first-order chi connectivity index (χ1) is 8.09. The van der Waals surface area contributed by atoms with Crippen LogP contribution in [-0.4, -0.2) is 35.6 Å². The maximum Gasteiger partial charge on any atom is 0.304 e. The Balaban J connectivity index is 2.29. The van der Waals surface area contributed by atoms with Gasteiger partial charge >= 0.3 is 5.97 Å². The SMILES string of the molecule is CC(CCc1ccccc1)N(C)CCC(=O)O. The van der Waals surface area contributed by atoms with Gasteiger partial charge in [0.05, 0.1) is 6.42 Å². The normalized spacial score (nSPS) is 12.6. The summed E-state index contributed by atoms with van der Waals surface area (Å²) in [5.41, 5.74) is 1.34. The summed E-state index contributed by atoms with van der Waals surface area (Å²) in [7, 11) is 1.98. The molecule has 17 heavy (non-hydrogen) atoms. The van der Waals surface area contributed by atoms with Gasteiger partial charge in [0, 0.05) is 12.6 Å². The van der Waals surface area contributed by atoms with Crippen molar-refractivity contribution in [2.24, 2.45) is 0 Å². The van der Waals surface area contributed by atoms with Gasteiger partial charge in [0.2, 0.25) is 0 Å². The number of carboxylic acids is 1. The third kappa shape index (κ3) is 5.50. The number of hydrogen-bond acceptors (Lipinski definition) is 2. The van der Waals surface area contributed by atoms with Crippen LogP contribution in [-0.2, 0) is 11.2 Å². The molecule has 3 heteroatoms. The molecule has 0 heterocycles. The summed E-state index contributed by atoms with van der Waals surface area (Å²) in [5.74, 6) is -0.730. The van der Waals surface area contributed by atoms with Gasteiger partial charge in [-0.25, -0.2) is 0 Å². The topological polar surface area (TPSA) is 40.5 Å². The van der Waals surface area contributed by atoms with Crippen LogP contribution in [0, 0.1) is 0 Å². The highest BCUT2D eigenvalue weighted by atomic mass is 16.4. The fourth-order valence-corrected chi connectivity index (χ4v) is 1.73. The lowest BCUT2D eigenvalue weighted by atomic mass is 10.1. The van der Waals surface area contributed by atoms with Crippen LogP contribution >= 0.6 is 0 Å². The molecule has 0 aliphatic carbocycles. The van der Waals surface area contributed by atoms with Gasteiger partial charge in [-0.2, -0.15) is 0 Å². The maximum atomic E-state index is 10.5. The Labute approximate surface area is 103 Å². The lowest BCUT2D eigenvalue weighted by molar-refractivity contribution is -0.137. The van der Waals surface area contributed by atoms with E-state index in [9.17, 15) is 4.79 Å². The van der Waals surface area contributed by atoms with Gasteiger partial charge in [-0.1, -0.05) is 30.3 Å². The Kier molecular flexibility index (Phi) is 5.70. The fraction of sp³-hybridized carbons (Fsp3) is 0.500.